The molecule has 0 aliphatic rings. The van der Waals surface area contributed by atoms with Crippen molar-refractivity contribution in [2.75, 3.05) is 5.48 Å². The summed E-state index contributed by atoms with van der Waals surface area (Å²) in [6.07, 6.45) is 1.70. The van der Waals surface area contributed by atoms with E-state index in [9.17, 15) is 0 Å². The number of nitrogens with one attached hydrogen (secondary N) is 1. The molecule has 0 saturated carbocycles. The summed E-state index contributed by atoms with van der Waals surface area (Å²) in [6.45, 7) is 1.93. The van der Waals surface area contributed by atoms with Crippen LogP contribution in [-0.4, -0.2) is 10.2 Å². The molecule has 0 atom stereocenters. The molecule has 0 amide bonds. The van der Waals surface area contributed by atoms with Crippen molar-refractivity contribution in [2.24, 2.45) is 0 Å². The van der Waals surface area contributed by atoms with Gasteiger partial charge in [0.1, 0.15) is 0 Å². The van der Waals surface area contributed by atoms with Crippen molar-refractivity contribution >= 4 is 16.5 Å². The number of aromatic nitrogens is 1. The molecule has 1 aromatic heterocycles. The van der Waals surface area contributed by atoms with Crippen molar-refractivity contribution in [3.63, 3.8) is 0 Å². The molecule has 2 N–H and O–H groups in total. The Hall–Kier alpha value is -0.610. The second-order valence-electron chi connectivity index (χ2n) is 1.39. The number of anilines is 1. The summed E-state index contributed by atoms with van der Waals surface area (Å²) in [6, 6.07) is 0. The van der Waals surface area contributed by atoms with Gasteiger partial charge in [0.05, 0.1) is 0 Å². The van der Waals surface area contributed by atoms with Crippen LogP contribution in [0, 0.1) is 6.92 Å². The first-order valence-electron chi connectivity index (χ1n) is 2.15. The first-order valence-corrected chi connectivity index (χ1v) is 2.97. The molecule has 4 heteroatoms. The maximum absolute atomic E-state index is 8.25. The van der Waals surface area contributed by atoms with Gasteiger partial charge >= 0.3 is 0 Å². The summed E-state index contributed by atoms with van der Waals surface area (Å²) in [4.78, 5) is 4.88. The highest BCUT2D eigenvalue weighted by Gasteiger charge is 1.91. The Morgan fingerprint density at radius 2 is 2.62 bits per heavy atom. The van der Waals surface area contributed by atoms with Crippen LogP contribution in [0.1, 0.15) is 4.88 Å². The van der Waals surface area contributed by atoms with Crippen LogP contribution in [-0.2, 0) is 0 Å². The van der Waals surface area contributed by atoms with Gasteiger partial charge in [-0.3, -0.25) is 5.21 Å². The number of hydrogen-bond donors (Lipinski definition) is 2. The van der Waals surface area contributed by atoms with E-state index < -0.39 is 0 Å². The number of hydrogen-bond acceptors (Lipinski definition) is 4. The fraction of sp³-hybridized carbons (Fsp3) is 0.250. The van der Waals surface area contributed by atoms with Crippen LogP contribution in [0.2, 0.25) is 0 Å². The van der Waals surface area contributed by atoms with Gasteiger partial charge in [-0.25, -0.2) is 10.5 Å². The summed E-state index contributed by atoms with van der Waals surface area (Å²) in [5, 5.41) is 8.79. The molecule has 1 rings (SSSR count). The van der Waals surface area contributed by atoms with Crippen LogP contribution in [0.15, 0.2) is 6.20 Å². The number of nitrogens with zero attached hydrogens (tertiary/aromatic N) is 1. The average molecular weight is 130 g/mol. The zero-order valence-corrected chi connectivity index (χ0v) is 5.20. The van der Waals surface area contributed by atoms with Crippen molar-refractivity contribution in [2.45, 2.75) is 6.92 Å². The van der Waals surface area contributed by atoms with Gasteiger partial charge in [-0.05, 0) is 6.92 Å². The van der Waals surface area contributed by atoms with Crippen LogP contribution in [0.25, 0.3) is 0 Å². The van der Waals surface area contributed by atoms with Crippen molar-refractivity contribution in [3.8, 4) is 0 Å². The van der Waals surface area contributed by atoms with Crippen LogP contribution in [0.5, 0.6) is 0 Å². The minimum atomic E-state index is 0.544. The molecule has 0 fully saturated rings. The van der Waals surface area contributed by atoms with E-state index in [0.717, 1.165) is 4.88 Å². The minimum absolute atomic E-state index is 0.544. The first-order chi connectivity index (χ1) is 3.83. The second kappa shape index (κ2) is 2.11. The molecule has 0 unspecified atom stereocenters. The molecule has 0 aliphatic carbocycles. The minimum Gasteiger partial charge on any atom is -0.289 e. The molecular weight excluding hydrogens is 124 g/mol. The highest BCUT2D eigenvalue weighted by atomic mass is 32.1. The predicted molar refractivity (Wildman–Crippen MR) is 32.3 cm³/mol. The van der Waals surface area contributed by atoms with Crippen LogP contribution in [0.3, 0.4) is 0 Å². The molecule has 0 aliphatic heterocycles. The summed E-state index contributed by atoms with van der Waals surface area (Å²) in [5.74, 6) is 0. The SMILES string of the molecule is Cc1cnc(NO)s1. The number of aryl methyl sites for hydroxylation is 1. The van der Waals surface area contributed by atoms with Gasteiger partial charge in [-0.15, -0.1) is 11.3 Å². The van der Waals surface area contributed by atoms with Gasteiger partial charge in [0.25, 0.3) is 0 Å². The Balaban J connectivity index is 2.84. The highest BCUT2D eigenvalue weighted by molar-refractivity contribution is 7.15. The van der Waals surface area contributed by atoms with E-state index >= 15 is 0 Å². The fourth-order valence-electron chi connectivity index (χ4n) is 0.406. The van der Waals surface area contributed by atoms with E-state index in [-0.39, 0.29) is 0 Å². The van der Waals surface area contributed by atoms with E-state index in [1.165, 1.54) is 11.3 Å². The van der Waals surface area contributed by atoms with Gasteiger partial charge in [-0.1, -0.05) is 0 Å². The highest BCUT2D eigenvalue weighted by Crippen LogP contribution is 2.14. The number of thiazole rings is 1. The second-order valence-corrected chi connectivity index (χ2v) is 2.62. The van der Waals surface area contributed by atoms with Crippen LogP contribution in [0.4, 0.5) is 5.13 Å². The molecule has 0 saturated heterocycles. The Bertz CT molecular complexity index is 174. The van der Waals surface area contributed by atoms with Crippen molar-refractivity contribution < 1.29 is 5.21 Å². The number of rotatable bonds is 1. The molecule has 8 heavy (non-hydrogen) atoms. The largest absolute Gasteiger partial charge is 0.289 e. The zero-order chi connectivity index (χ0) is 5.98. The Morgan fingerprint density at radius 1 is 1.88 bits per heavy atom. The lowest BCUT2D eigenvalue weighted by Crippen LogP contribution is -1.84. The van der Waals surface area contributed by atoms with Gasteiger partial charge in [0, 0.05) is 11.1 Å². The van der Waals surface area contributed by atoms with E-state index in [4.69, 9.17) is 5.21 Å². The van der Waals surface area contributed by atoms with E-state index in [2.05, 4.69) is 4.98 Å². The van der Waals surface area contributed by atoms with E-state index in [1.807, 2.05) is 12.4 Å². The monoisotopic (exact) mass is 130 g/mol. The molecule has 3 nitrogen and oxygen atoms in total. The molecule has 0 aromatic carbocycles. The summed E-state index contributed by atoms with van der Waals surface area (Å²) in [7, 11) is 0. The standard InChI is InChI=1S/C4H6N2OS/c1-3-2-5-4(6-7)8-3/h2,7H,1H3,(H,5,6). The quantitative estimate of drug-likeness (QED) is 0.562. The van der Waals surface area contributed by atoms with Crippen molar-refractivity contribution in [1.82, 2.24) is 4.98 Å². The lowest BCUT2D eigenvalue weighted by atomic mass is 10.7. The lowest BCUT2D eigenvalue weighted by Gasteiger charge is -1.83. The predicted octanol–water partition coefficient (Wildman–Crippen LogP) is 1.25. The normalized spacial score (nSPS) is 9.25. The van der Waals surface area contributed by atoms with Crippen molar-refractivity contribution in [3.05, 3.63) is 11.1 Å². The van der Waals surface area contributed by atoms with E-state index in [0.29, 0.717) is 5.13 Å². The maximum Gasteiger partial charge on any atom is 0.206 e. The average Bonchev–Trinajstić information content (AvgIpc) is 2.14. The summed E-state index contributed by atoms with van der Waals surface area (Å²) in [5.41, 5.74) is 1.96. The van der Waals surface area contributed by atoms with Gasteiger partial charge < -0.3 is 0 Å². The first kappa shape index (κ1) is 5.53. The Labute approximate surface area is 51.0 Å². The smallest absolute Gasteiger partial charge is 0.206 e. The van der Waals surface area contributed by atoms with Crippen LogP contribution >= 0.6 is 11.3 Å². The third-order valence-corrected chi connectivity index (χ3v) is 1.53. The zero-order valence-electron chi connectivity index (χ0n) is 4.38. The summed E-state index contributed by atoms with van der Waals surface area (Å²) >= 11 is 1.42. The molecule has 0 bridgehead atoms. The summed E-state index contributed by atoms with van der Waals surface area (Å²) < 4.78 is 0. The molecule has 0 radical (unpaired) electrons. The fourth-order valence-corrected chi connectivity index (χ4v) is 0.968. The molecule has 0 spiro atoms. The Morgan fingerprint density at radius 3 is 2.88 bits per heavy atom. The Kier molecular flexibility index (Phi) is 1.45. The van der Waals surface area contributed by atoms with Gasteiger partial charge in [0.2, 0.25) is 5.13 Å². The third-order valence-electron chi connectivity index (χ3n) is 0.717. The third kappa shape index (κ3) is 0.962. The van der Waals surface area contributed by atoms with Crippen molar-refractivity contribution in [1.29, 1.82) is 0 Å². The van der Waals surface area contributed by atoms with Crippen LogP contribution < -0.4 is 5.48 Å². The lowest BCUT2D eigenvalue weighted by molar-refractivity contribution is 0.388. The maximum atomic E-state index is 8.25. The molecule has 44 valence electrons. The molecular formula is C4H6N2OS. The molecule has 1 aromatic rings. The van der Waals surface area contributed by atoms with E-state index in [1.54, 1.807) is 6.20 Å². The topological polar surface area (TPSA) is 45.2 Å². The molecule has 1 heterocycles. The van der Waals surface area contributed by atoms with Gasteiger partial charge in [-0.2, -0.15) is 0 Å². The van der Waals surface area contributed by atoms with Gasteiger partial charge in [0.15, 0.2) is 0 Å².